The maximum absolute atomic E-state index is 10.9. The highest BCUT2D eigenvalue weighted by Crippen LogP contribution is 2.11. The van der Waals surface area contributed by atoms with E-state index in [-0.39, 0.29) is 6.61 Å². The van der Waals surface area contributed by atoms with Crippen molar-refractivity contribution < 1.29 is 14.6 Å². The van der Waals surface area contributed by atoms with Crippen LogP contribution in [0.25, 0.3) is 0 Å². The van der Waals surface area contributed by atoms with Crippen LogP contribution in [0.3, 0.4) is 0 Å². The Bertz CT molecular complexity index is 245. The van der Waals surface area contributed by atoms with Crippen molar-refractivity contribution in [3.05, 3.63) is 18.0 Å². The average Bonchev–Trinajstić information content (AvgIpc) is 2.55. The van der Waals surface area contributed by atoms with Crippen LogP contribution in [0.2, 0.25) is 0 Å². The number of esters is 1. The SMILES string of the molecule is CCOC(=O)C(O)c1cn[nH]c1. The van der Waals surface area contributed by atoms with Crippen molar-refractivity contribution in [1.82, 2.24) is 10.2 Å². The first-order valence-corrected chi connectivity index (χ1v) is 3.59. The first-order chi connectivity index (χ1) is 5.75. The smallest absolute Gasteiger partial charge is 0.339 e. The number of hydrogen-bond acceptors (Lipinski definition) is 4. The number of H-pyrrole nitrogens is 1. The molecule has 0 aromatic carbocycles. The molecule has 1 aromatic heterocycles. The monoisotopic (exact) mass is 170 g/mol. The second-order valence-electron chi connectivity index (χ2n) is 2.19. The van der Waals surface area contributed by atoms with Gasteiger partial charge >= 0.3 is 5.97 Å². The number of ether oxygens (including phenoxy) is 1. The van der Waals surface area contributed by atoms with Crippen LogP contribution in [0.4, 0.5) is 0 Å². The van der Waals surface area contributed by atoms with E-state index in [4.69, 9.17) is 0 Å². The lowest BCUT2D eigenvalue weighted by atomic mass is 10.2. The molecule has 0 saturated carbocycles. The maximum Gasteiger partial charge on any atom is 0.339 e. The predicted molar refractivity (Wildman–Crippen MR) is 40.2 cm³/mol. The van der Waals surface area contributed by atoms with Gasteiger partial charge in [0, 0.05) is 11.8 Å². The molecule has 0 amide bonds. The van der Waals surface area contributed by atoms with E-state index in [1.807, 2.05) is 0 Å². The van der Waals surface area contributed by atoms with E-state index in [2.05, 4.69) is 14.9 Å². The van der Waals surface area contributed by atoms with Crippen LogP contribution in [0.1, 0.15) is 18.6 Å². The molecule has 0 bridgehead atoms. The number of aliphatic hydroxyl groups excluding tert-OH is 1. The van der Waals surface area contributed by atoms with E-state index < -0.39 is 12.1 Å². The number of aliphatic hydroxyl groups is 1. The van der Waals surface area contributed by atoms with E-state index in [1.54, 1.807) is 6.92 Å². The normalized spacial score (nSPS) is 12.5. The topological polar surface area (TPSA) is 75.2 Å². The standard InChI is InChI=1S/C7H10N2O3/c1-2-12-7(11)6(10)5-3-8-9-4-5/h3-4,6,10H,2H2,1H3,(H,8,9). The molecule has 0 aliphatic rings. The zero-order valence-electron chi connectivity index (χ0n) is 6.65. The predicted octanol–water partition coefficient (Wildman–Crippen LogP) is 0.00620. The third-order valence-corrected chi connectivity index (χ3v) is 1.34. The molecule has 12 heavy (non-hydrogen) atoms. The van der Waals surface area contributed by atoms with Crippen molar-refractivity contribution in [1.29, 1.82) is 0 Å². The summed E-state index contributed by atoms with van der Waals surface area (Å²) < 4.78 is 4.60. The highest BCUT2D eigenvalue weighted by molar-refractivity contribution is 5.75. The third kappa shape index (κ3) is 1.82. The van der Waals surface area contributed by atoms with E-state index in [9.17, 15) is 9.90 Å². The fourth-order valence-electron chi connectivity index (χ4n) is 0.768. The fraction of sp³-hybridized carbons (Fsp3) is 0.429. The lowest BCUT2D eigenvalue weighted by molar-refractivity contribution is -0.153. The van der Waals surface area contributed by atoms with Crippen molar-refractivity contribution in [2.75, 3.05) is 6.61 Å². The van der Waals surface area contributed by atoms with E-state index >= 15 is 0 Å². The summed E-state index contributed by atoms with van der Waals surface area (Å²) in [6, 6.07) is 0. The second-order valence-corrected chi connectivity index (χ2v) is 2.19. The molecule has 0 aliphatic carbocycles. The molecule has 1 atom stereocenters. The van der Waals surface area contributed by atoms with Gasteiger partial charge in [0.05, 0.1) is 12.8 Å². The Morgan fingerprint density at radius 2 is 2.67 bits per heavy atom. The van der Waals surface area contributed by atoms with Gasteiger partial charge in [-0.15, -0.1) is 0 Å². The summed E-state index contributed by atoms with van der Waals surface area (Å²) in [6.45, 7) is 1.94. The molecule has 2 N–H and O–H groups in total. The van der Waals surface area contributed by atoms with Crippen molar-refractivity contribution in [2.24, 2.45) is 0 Å². The molecule has 66 valence electrons. The zero-order chi connectivity index (χ0) is 8.97. The van der Waals surface area contributed by atoms with Gasteiger partial charge in [0.15, 0.2) is 6.10 Å². The summed E-state index contributed by atoms with van der Waals surface area (Å²) in [6.07, 6.45) is 1.59. The van der Waals surface area contributed by atoms with E-state index in [0.717, 1.165) is 0 Å². The molecule has 0 spiro atoms. The van der Waals surface area contributed by atoms with Crippen LogP contribution in [0.5, 0.6) is 0 Å². The molecule has 0 radical (unpaired) electrons. The second kappa shape index (κ2) is 3.87. The lowest BCUT2D eigenvalue weighted by Crippen LogP contribution is -2.14. The Kier molecular flexibility index (Phi) is 2.82. The summed E-state index contributed by atoms with van der Waals surface area (Å²) in [5.74, 6) is -0.654. The van der Waals surface area contributed by atoms with Gasteiger partial charge < -0.3 is 9.84 Å². The van der Waals surface area contributed by atoms with Gasteiger partial charge in [-0.2, -0.15) is 5.10 Å². The number of nitrogens with one attached hydrogen (secondary N) is 1. The van der Waals surface area contributed by atoms with Gasteiger partial charge in [-0.25, -0.2) is 4.79 Å². The molecule has 1 heterocycles. The van der Waals surface area contributed by atoms with Gasteiger partial charge in [0.2, 0.25) is 0 Å². The molecule has 0 aliphatic heterocycles. The van der Waals surface area contributed by atoms with Crippen molar-refractivity contribution in [3.63, 3.8) is 0 Å². The number of nitrogens with zero attached hydrogens (tertiary/aromatic N) is 1. The van der Waals surface area contributed by atoms with Crippen LogP contribution in [-0.4, -0.2) is 27.9 Å². The largest absolute Gasteiger partial charge is 0.464 e. The number of rotatable bonds is 3. The summed E-state index contributed by atoms with van der Waals surface area (Å²) in [5.41, 5.74) is 0.411. The Morgan fingerprint density at radius 3 is 3.17 bits per heavy atom. The molecule has 5 heteroatoms. The highest BCUT2D eigenvalue weighted by Gasteiger charge is 2.18. The van der Waals surface area contributed by atoms with Gasteiger partial charge in [-0.05, 0) is 6.92 Å². The summed E-state index contributed by atoms with van der Waals surface area (Å²) >= 11 is 0. The number of aromatic nitrogens is 2. The molecule has 1 rings (SSSR count). The molecular weight excluding hydrogens is 160 g/mol. The van der Waals surface area contributed by atoms with Gasteiger partial charge in [-0.1, -0.05) is 0 Å². The van der Waals surface area contributed by atoms with Gasteiger partial charge in [0.1, 0.15) is 0 Å². The zero-order valence-corrected chi connectivity index (χ0v) is 6.65. The fourth-order valence-corrected chi connectivity index (χ4v) is 0.768. The van der Waals surface area contributed by atoms with Crippen LogP contribution in [-0.2, 0) is 9.53 Å². The average molecular weight is 170 g/mol. The molecule has 0 fully saturated rings. The van der Waals surface area contributed by atoms with Gasteiger partial charge in [0.25, 0.3) is 0 Å². The van der Waals surface area contributed by atoms with E-state index in [1.165, 1.54) is 12.4 Å². The van der Waals surface area contributed by atoms with Crippen molar-refractivity contribution in [3.8, 4) is 0 Å². The summed E-state index contributed by atoms with van der Waals surface area (Å²) in [5, 5.41) is 15.4. The van der Waals surface area contributed by atoms with Crippen molar-refractivity contribution >= 4 is 5.97 Å². The molecule has 0 saturated heterocycles. The minimum absolute atomic E-state index is 0.258. The molecular formula is C7H10N2O3. The number of carbonyl (C=O) groups excluding carboxylic acids is 1. The van der Waals surface area contributed by atoms with E-state index in [0.29, 0.717) is 5.56 Å². The minimum Gasteiger partial charge on any atom is -0.464 e. The first kappa shape index (κ1) is 8.73. The third-order valence-electron chi connectivity index (χ3n) is 1.34. The Hall–Kier alpha value is -1.36. The maximum atomic E-state index is 10.9. The Balaban J connectivity index is 2.59. The minimum atomic E-state index is -1.23. The van der Waals surface area contributed by atoms with Crippen LogP contribution in [0, 0.1) is 0 Å². The van der Waals surface area contributed by atoms with Gasteiger partial charge in [-0.3, -0.25) is 5.10 Å². The van der Waals surface area contributed by atoms with Crippen molar-refractivity contribution in [2.45, 2.75) is 13.0 Å². The molecule has 1 aromatic rings. The van der Waals surface area contributed by atoms with Crippen LogP contribution >= 0.6 is 0 Å². The van der Waals surface area contributed by atoms with Crippen LogP contribution in [0.15, 0.2) is 12.4 Å². The Morgan fingerprint density at radius 1 is 1.92 bits per heavy atom. The molecule has 5 nitrogen and oxygen atoms in total. The number of aromatic amines is 1. The summed E-state index contributed by atoms with van der Waals surface area (Å²) in [7, 11) is 0. The highest BCUT2D eigenvalue weighted by atomic mass is 16.5. The Labute approximate surface area is 69.4 Å². The summed E-state index contributed by atoms with van der Waals surface area (Å²) in [4.78, 5) is 10.9. The number of carbonyl (C=O) groups is 1. The number of hydrogen-bond donors (Lipinski definition) is 2. The first-order valence-electron chi connectivity index (χ1n) is 3.59. The quantitative estimate of drug-likeness (QED) is 0.626. The van der Waals surface area contributed by atoms with Crippen LogP contribution < -0.4 is 0 Å². The molecule has 1 unspecified atom stereocenters. The lowest BCUT2D eigenvalue weighted by Gasteiger charge is -2.05.